The number of rotatable bonds is 4. The molecule has 2 rings (SSSR count). The molecule has 0 saturated carbocycles. The summed E-state index contributed by atoms with van der Waals surface area (Å²) >= 11 is 0. The highest BCUT2D eigenvalue weighted by Crippen LogP contribution is 2.21. The summed E-state index contributed by atoms with van der Waals surface area (Å²) in [6.07, 6.45) is 2.59. The average Bonchev–Trinajstić information content (AvgIpc) is 2.40. The van der Waals surface area contributed by atoms with E-state index >= 15 is 0 Å². The van der Waals surface area contributed by atoms with Crippen LogP contribution in [-0.2, 0) is 16.1 Å². The largest absolute Gasteiger partial charge is 0.465 e. The number of benzene rings is 1. The lowest BCUT2D eigenvalue weighted by atomic mass is 9.98. The Kier molecular flexibility index (Phi) is 4.44. The highest BCUT2D eigenvalue weighted by atomic mass is 16.5. The predicted molar refractivity (Wildman–Crippen MR) is 73.9 cm³/mol. The predicted octanol–water partition coefficient (Wildman–Crippen LogP) is 1.87. The smallest absolute Gasteiger partial charge is 0.315 e. The maximum absolute atomic E-state index is 11.7. The van der Waals surface area contributed by atoms with Crippen LogP contribution in [-0.4, -0.2) is 24.0 Å². The first-order valence-corrected chi connectivity index (χ1v) is 6.62. The van der Waals surface area contributed by atoms with Gasteiger partial charge in [0.1, 0.15) is 0 Å². The van der Waals surface area contributed by atoms with Crippen LogP contribution in [0.15, 0.2) is 42.2 Å². The second-order valence-electron chi connectivity index (χ2n) is 4.68. The van der Waals surface area contributed by atoms with Crippen molar-refractivity contribution in [2.45, 2.75) is 19.9 Å². The standard InChI is InChI=1S/C15H20N2O2/c1-2-19-15(18)13-8-9-17(11-14(13)16)10-12-6-4-3-5-7-12/h3-7,11,13H,2,8-10,16H2,1H3. The number of nitrogens with zero attached hydrogens (tertiary/aromatic N) is 1. The molecule has 0 aromatic heterocycles. The topological polar surface area (TPSA) is 55.6 Å². The van der Waals surface area contributed by atoms with Crippen LogP contribution in [0.5, 0.6) is 0 Å². The van der Waals surface area contributed by atoms with Crippen molar-refractivity contribution in [2.24, 2.45) is 11.7 Å². The molecule has 4 nitrogen and oxygen atoms in total. The van der Waals surface area contributed by atoms with Gasteiger partial charge in [-0.2, -0.15) is 0 Å². The Bertz CT molecular complexity index is 456. The van der Waals surface area contributed by atoms with Crippen molar-refractivity contribution < 1.29 is 9.53 Å². The minimum Gasteiger partial charge on any atom is -0.465 e. The molecule has 2 N–H and O–H groups in total. The molecule has 19 heavy (non-hydrogen) atoms. The summed E-state index contributed by atoms with van der Waals surface area (Å²) < 4.78 is 5.03. The third-order valence-electron chi connectivity index (χ3n) is 3.24. The van der Waals surface area contributed by atoms with Crippen LogP contribution in [0.25, 0.3) is 0 Å². The lowest BCUT2D eigenvalue weighted by molar-refractivity contribution is -0.147. The van der Waals surface area contributed by atoms with Crippen molar-refractivity contribution >= 4 is 5.97 Å². The lowest BCUT2D eigenvalue weighted by Gasteiger charge is -2.29. The molecule has 4 heteroatoms. The monoisotopic (exact) mass is 260 g/mol. The zero-order chi connectivity index (χ0) is 13.7. The van der Waals surface area contributed by atoms with Crippen molar-refractivity contribution in [3.05, 3.63) is 47.8 Å². The van der Waals surface area contributed by atoms with Gasteiger partial charge in [-0.3, -0.25) is 4.79 Å². The van der Waals surface area contributed by atoms with Crippen LogP contribution < -0.4 is 5.73 Å². The molecule has 1 atom stereocenters. The van der Waals surface area contributed by atoms with E-state index in [1.54, 1.807) is 0 Å². The molecule has 0 amide bonds. The van der Waals surface area contributed by atoms with Gasteiger partial charge < -0.3 is 15.4 Å². The maximum atomic E-state index is 11.7. The average molecular weight is 260 g/mol. The Morgan fingerprint density at radius 3 is 2.79 bits per heavy atom. The van der Waals surface area contributed by atoms with Crippen LogP contribution in [0, 0.1) is 5.92 Å². The van der Waals surface area contributed by atoms with E-state index in [4.69, 9.17) is 10.5 Å². The van der Waals surface area contributed by atoms with Crippen molar-refractivity contribution in [2.75, 3.05) is 13.2 Å². The summed E-state index contributed by atoms with van der Waals surface area (Å²) in [5, 5.41) is 0. The molecule has 1 aliphatic rings. The van der Waals surface area contributed by atoms with E-state index in [1.807, 2.05) is 31.3 Å². The van der Waals surface area contributed by atoms with Crippen molar-refractivity contribution in [3.63, 3.8) is 0 Å². The molecule has 1 unspecified atom stereocenters. The van der Waals surface area contributed by atoms with E-state index < -0.39 is 0 Å². The summed E-state index contributed by atoms with van der Waals surface area (Å²) in [6.45, 7) is 3.84. The second-order valence-corrected chi connectivity index (χ2v) is 4.68. The fourth-order valence-electron chi connectivity index (χ4n) is 2.27. The lowest BCUT2D eigenvalue weighted by Crippen LogP contribution is -2.34. The third-order valence-corrected chi connectivity index (χ3v) is 3.24. The number of carbonyl (C=O) groups is 1. The molecule has 0 fully saturated rings. The number of ether oxygens (including phenoxy) is 1. The highest BCUT2D eigenvalue weighted by molar-refractivity contribution is 5.75. The molecular weight excluding hydrogens is 240 g/mol. The third kappa shape index (κ3) is 3.50. The summed E-state index contributed by atoms with van der Waals surface area (Å²) in [5.74, 6) is -0.498. The van der Waals surface area contributed by atoms with Crippen molar-refractivity contribution in [1.29, 1.82) is 0 Å². The van der Waals surface area contributed by atoms with E-state index in [-0.39, 0.29) is 11.9 Å². The van der Waals surface area contributed by atoms with E-state index in [1.165, 1.54) is 5.56 Å². The molecule has 1 aliphatic heterocycles. The first-order valence-electron chi connectivity index (χ1n) is 6.62. The van der Waals surface area contributed by atoms with Gasteiger partial charge in [0.15, 0.2) is 0 Å². The highest BCUT2D eigenvalue weighted by Gasteiger charge is 2.26. The summed E-state index contributed by atoms with van der Waals surface area (Å²) in [7, 11) is 0. The molecule has 0 bridgehead atoms. The van der Waals surface area contributed by atoms with Gasteiger partial charge in [0.25, 0.3) is 0 Å². The fourth-order valence-corrected chi connectivity index (χ4v) is 2.27. The van der Waals surface area contributed by atoms with Crippen LogP contribution in [0.4, 0.5) is 0 Å². The van der Waals surface area contributed by atoms with E-state index in [9.17, 15) is 4.79 Å². The molecule has 0 aliphatic carbocycles. The molecule has 1 aromatic carbocycles. The fraction of sp³-hybridized carbons (Fsp3) is 0.400. The molecular formula is C15H20N2O2. The molecule has 1 heterocycles. The van der Waals surface area contributed by atoms with Gasteiger partial charge in [-0.1, -0.05) is 30.3 Å². The minimum atomic E-state index is -0.285. The van der Waals surface area contributed by atoms with Crippen molar-refractivity contribution in [1.82, 2.24) is 4.90 Å². The first kappa shape index (κ1) is 13.5. The van der Waals surface area contributed by atoms with E-state index in [0.717, 1.165) is 13.1 Å². The Morgan fingerprint density at radius 2 is 2.16 bits per heavy atom. The number of nitrogens with two attached hydrogens (primary N) is 1. The number of hydrogen-bond donors (Lipinski definition) is 1. The van der Waals surface area contributed by atoms with Crippen molar-refractivity contribution in [3.8, 4) is 0 Å². The molecule has 0 spiro atoms. The van der Waals surface area contributed by atoms with Gasteiger partial charge in [-0.25, -0.2) is 0 Å². The number of carbonyl (C=O) groups excluding carboxylic acids is 1. The maximum Gasteiger partial charge on any atom is 0.315 e. The molecule has 0 radical (unpaired) electrons. The molecule has 1 aromatic rings. The number of esters is 1. The SMILES string of the molecule is CCOC(=O)C1CCN(Cc2ccccc2)C=C1N. The Hall–Kier alpha value is -1.97. The minimum absolute atomic E-state index is 0.212. The van der Waals surface area contributed by atoms with Gasteiger partial charge in [0.2, 0.25) is 0 Å². The van der Waals surface area contributed by atoms with Gasteiger partial charge in [-0.05, 0) is 18.9 Å². The van der Waals surface area contributed by atoms with Crippen LogP contribution in [0.2, 0.25) is 0 Å². The summed E-state index contributed by atoms with van der Waals surface area (Å²) in [4.78, 5) is 13.9. The number of hydrogen-bond acceptors (Lipinski definition) is 4. The van der Waals surface area contributed by atoms with Gasteiger partial charge >= 0.3 is 5.97 Å². The summed E-state index contributed by atoms with van der Waals surface area (Å²) in [6, 6.07) is 10.2. The van der Waals surface area contributed by atoms with Gasteiger partial charge in [0.05, 0.1) is 12.5 Å². The van der Waals surface area contributed by atoms with Gasteiger partial charge in [0, 0.05) is 25.0 Å². The zero-order valence-electron chi connectivity index (χ0n) is 11.2. The zero-order valence-corrected chi connectivity index (χ0v) is 11.2. The molecule has 102 valence electrons. The van der Waals surface area contributed by atoms with E-state index in [2.05, 4.69) is 17.0 Å². The Morgan fingerprint density at radius 1 is 1.42 bits per heavy atom. The van der Waals surface area contributed by atoms with Crippen LogP contribution in [0.3, 0.4) is 0 Å². The van der Waals surface area contributed by atoms with Gasteiger partial charge in [-0.15, -0.1) is 0 Å². The Balaban J connectivity index is 1.99. The van der Waals surface area contributed by atoms with E-state index in [0.29, 0.717) is 18.7 Å². The summed E-state index contributed by atoms with van der Waals surface area (Å²) in [5.41, 5.74) is 7.81. The first-order chi connectivity index (χ1) is 9.20. The van der Waals surface area contributed by atoms with Crippen LogP contribution >= 0.6 is 0 Å². The second kappa shape index (κ2) is 6.27. The van der Waals surface area contributed by atoms with Crippen LogP contribution in [0.1, 0.15) is 18.9 Å². The Labute approximate surface area is 113 Å². The molecule has 0 saturated heterocycles. The quantitative estimate of drug-likeness (QED) is 0.840. The normalized spacial score (nSPS) is 18.9.